The Labute approximate surface area is 84.3 Å². The van der Waals surface area contributed by atoms with E-state index in [0.717, 1.165) is 32.7 Å². The van der Waals surface area contributed by atoms with Crippen LogP contribution >= 0.6 is 0 Å². The van der Waals surface area contributed by atoms with Gasteiger partial charge in [0.2, 0.25) is 0 Å². The monoisotopic (exact) mass is 195 g/mol. The fourth-order valence-electron chi connectivity index (χ4n) is 1.53. The molecule has 0 unspecified atom stereocenters. The number of rotatable bonds is 5. The number of hydrogen-bond acceptors (Lipinski definition) is 3. The minimum atomic E-state index is 0.542. The molecule has 4 nitrogen and oxygen atoms in total. The van der Waals surface area contributed by atoms with Gasteiger partial charge in [-0.2, -0.15) is 5.10 Å². The van der Waals surface area contributed by atoms with Gasteiger partial charge in [-0.25, -0.2) is 0 Å². The van der Waals surface area contributed by atoms with Gasteiger partial charge in [-0.3, -0.25) is 4.68 Å². The Balaban J connectivity index is 1.84. The minimum Gasteiger partial charge on any atom is -0.378 e. The van der Waals surface area contributed by atoms with E-state index in [0.29, 0.717) is 6.04 Å². The molecule has 0 atom stereocenters. The van der Waals surface area contributed by atoms with Crippen LogP contribution in [0.5, 0.6) is 0 Å². The van der Waals surface area contributed by atoms with Gasteiger partial charge in [-0.1, -0.05) is 6.92 Å². The van der Waals surface area contributed by atoms with Gasteiger partial charge in [0.05, 0.1) is 24.9 Å². The Hall–Kier alpha value is -0.870. The van der Waals surface area contributed by atoms with Crippen LogP contribution < -0.4 is 5.32 Å². The van der Waals surface area contributed by atoms with E-state index in [9.17, 15) is 0 Å². The normalized spacial score (nSPS) is 16.9. The van der Waals surface area contributed by atoms with E-state index in [1.807, 2.05) is 6.20 Å². The Kier molecular flexibility index (Phi) is 3.16. The second kappa shape index (κ2) is 4.57. The number of hydrogen-bond donors (Lipinski definition) is 1. The van der Waals surface area contributed by atoms with Gasteiger partial charge in [0.1, 0.15) is 0 Å². The molecule has 2 rings (SSSR count). The van der Waals surface area contributed by atoms with Crippen molar-refractivity contribution in [3.05, 3.63) is 18.0 Å². The summed E-state index contributed by atoms with van der Waals surface area (Å²) in [5.41, 5.74) is 1.26. The molecule has 0 radical (unpaired) electrons. The van der Waals surface area contributed by atoms with Crippen LogP contribution in [0.4, 0.5) is 0 Å². The Morgan fingerprint density at radius 3 is 3.14 bits per heavy atom. The first-order chi connectivity index (χ1) is 6.90. The highest BCUT2D eigenvalue weighted by molar-refractivity contribution is 5.00. The van der Waals surface area contributed by atoms with Crippen molar-refractivity contribution in [3.63, 3.8) is 0 Å². The summed E-state index contributed by atoms with van der Waals surface area (Å²) in [6.07, 6.45) is 2.99. The van der Waals surface area contributed by atoms with Crippen molar-refractivity contribution in [1.82, 2.24) is 15.1 Å². The second-order valence-electron chi connectivity index (χ2n) is 3.66. The van der Waals surface area contributed by atoms with Crippen LogP contribution in [0.2, 0.25) is 0 Å². The van der Waals surface area contributed by atoms with Gasteiger partial charge in [-0.05, 0) is 12.5 Å². The van der Waals surface area contributed by atoms with E-state index in [1.165, 1.54) is 5.69 Å². The molecule has 1 aromatic heterocycles. The molecule has 0 aliphatic carbocycles. The van der Waals surface area contributed by atoms with E-state index in [1.54, 1.807) is 0 Å². The number of ether oxygens (including phenoxy) is 1. The van der Waals surface area contributed by atoms with Crippen molar-refractivity contribution < 1.29 is 4.74 Å². The van der Waals surface area contributed by atoms with Gasteiger partial charge >= 0.3 is 0 Å². The number of aryl methyl sites for hydroxylation is 1. The molecule has 0 saturated carbocycles. The van der Waals surface area contributed by atoms with E-state index in [-0.39, 0.29) is 0 Å². The molecule has 1 aliphatic rings. The third-order valence-corrected chi connectivity index (χ3v) is 2.45. The molecule has 1 fully saturated rings. The quantitative estimate of drug-likeness (QED) is 0.754. The van der Waals surface area contributed by atoms with Crippen molar-refractivity contribution in [2.24, 2.45) is 0 Å². The maximum absolute atomic E-state index is 5.10. The average molecular weight is 195 g/mol. The van der Waals surface area contributed by atoms with E-state index in [4.69, 9.17) is 4.74 Å². The molecule has 1 N–H and O–H groups in total. The molecule has 0 spiro atoms. The molecule has 0 bridgehead atoms. The first-order valence-electron chi connectivity index (χ1n) is 5.22. The minimum absolute atomic E-state index is 0.542. The lowest BCUT2D eigenvalue weighted by Gasteiger charge is -2.27. The summed E-state index contributed by atoms with van der Waals surface area (Å²) in [5, 5.41) is 7.71. The van der Waals surface area contributed by atoms with Crippen molar-refractivity contribution in [2.75, 3.05) is 13.2 Å². The maximum Gasteiger partial charge on any atom is 0.0643 e. The standard InChI is InChI=1S/C10H17N3O/c1-2-5-13-10(3-4-12-13)6-11-9-7-14-8-9/h3-4,9,11H,2,5-8H2,1H3. The third-order valence-electron chi connectivity index (χ3n) is 2.45. The molecule has 2 heterocycles. The lowest BCUT2D eigenvalue weighted by atomic mass is 10.2. The fraction of sp³-hybridized carbons (Fsp3) is 0.700. The van der Waals surface area contributed by atoms with Crippen LogP contribution in [-0.2, 0) is 17.8 Å². The summed E-state index contributed by atoms with van der Waals surface area (Å²) >= 11 is 0. The molecule has 4 heteroatoms. The van der Waals surface area contributed by atoms with E-state index in [2.05, 4.69) is 28.1 Å². The van der Waals surface area contributed by atoms with Crippen LogP contribution in [0, 0.1) is 0 Å². The third kappa shape index (κ3) is 2.13. The van der Waals surface area contributed by atoms with Crippen LogP contribution in [0.25, 0.3) is 0 Å². The highest BCUT2D eigenvalue weighted by Gasteiger charge is 2.17. The van der Waals surface area contributed by atoms with Crippen LogP contribution in [0.1, 0.15) is 19.0 Å². The molecule has 1 aromatic rings. The predicted octanol–water partition coefficient (Wildman–Crippen LogP) is 0.781. The van der Waals surface area contributed by atoms with Crippen molar-refractivity contribution in [1.29, 1.82) is 0 Å². The summed E-state index contributed by atoms with van der Waals surface area (Å²) in [5.74, 6) is 0. The number of aromatic nitrogens is 2. The Morgan fingerprint density at radius 1 is 1.64 bits per heavy atom. The van der Waals surface area contributed by atoms with Crippen LogP contribution in [0.3, 0.4) is 0 Å². The first kappa shape index (κ1) is 9.68. The summed E-state index contributed by atoms with van der Waals surface area (Å²) in [6, 6.07) is 2.61. The molecule has 1 aliphatic heterocycles. The Bertz CT molecular complexity index is 281. The van der Waals surface area contributed by atoms with Crippen LogP contribution in [-0.4, -0.2) is 29.0 Å². The SMILES string of the molecule is CCCn1nccc1CNC1COC1. The van der Waals surface area contributed by atoms with Crippen molar-refractivity contribution >= 4 is 0 Å². The largest absolute Gasteiger partial charge is 0.378 e. The molecular weight excluding hydrogens is 178 g/mol. The van der Waals surface area contributed by atoms with Crippen LogP contribution in [0.15, 0.2) is 12.3 Å². The van der Waals surface area contributed by atoms with Gasteiger partial charge < -0.3 is 10.1 Å². The van der Waals surface area contributed by atoms with E-state index >= 15 is 0 Å². The summed E-state index contributed by atoms with van der Waals surface area (Å²) in [4.78, 5) is 0. The molecule has 0 aromatic carbocycles. The fourth-order valence-corrected chi connectivity index (χ4v) is 1.53. The highest BCUT2D eigenvalue weighted by atomic mass is 16.5. The van der Waals surface area contributed by atoms with Gasteiger partial charge in [-0.15, -0.1) is 0 Å². The lowest BCUT2D eigenvalue weighted by molar-refractivity contribution is -0.00604. The lowest BCUT2D eigenvalue weighted by Crippen LogP contribution is -2.45. The smallest absolute Gasteiger partial charge is 0.0643 e. The molecular formula is C10H17N3O. The van der Waals surface area contributed by atoms with Gasteiger partial charge in [0.25, 0.3) is 0 Å². The first-order valence-corrected chi connectivity index (χ1v) is 5.22. The van der Waals surface area contributed by atoms with Gasteiger partial charge in [0.15, 0.2) is 0 Å². The van der Waals surface area contributed by atoms with Gasteiger partial charge in [0, 0.05) is 19.3 Å². The highest BCUT2D eigenvalue weighted by Crippen LogP contribution is 2.04. The molecule has 0 amide bonds. The average Bonchev–Trinajstić information content (AvgIpc) is 2.51. The molecule has 1 saturated heterocycles. The zero-order valence-corrected chi connectivity index (χ0v) is 8.57. The number of nitrogens with zero attached hydrogens (tertiary/aromatic N) is 2. The van der Waals surface area contributed by atoms with Crippen molar-refractivity contribution in [2.45, 2.75) is 32.5 Å². The predicted molar refractivity (Wildman–Crippen MR) is 54.0 cm³/mol. The topological polar surface area (TPSA) is 39.1 Å². The zero-order valence-electron chi connectivity index (χ0n) is 8.57. The van der Waals surface area contributed by atoms with Crippen molar-refractivity contribution in [3.8, 4) is 0 Å². The molecule has 14 heavy (non-hydrogen) atoms. The Morgan fingerprint density at radius 2 is 2.50 bits per heavy atom. The number of nitrogens with one attached hydrogen (secondary N) is 1. The summed E-state index contributed by atoms with van der Waals surface area (Å²) in [7, 11) is 0. The summed E-state index contributed by atoms with van der Waals surface area (Å²) in [6.45, 7) is 5.77. The zero-order chi connectivity index (χ0) is 9.80. The summed E-state index contributed by atoms with van der Waals surface area (Å²) < 4.78 is 7.16. The van der Waals surface area contributed by atoms with E-state index < -0.39 is 0 Å². The molecule has 78 valence electrons. The second-order valence-corrected chi connectivity index (χ2v) is 3.66. The maximum atomic E-state index is 5.10.